The molecule has 0 aliphatic heterocycles. The van der Waals surface area contributed by atoms with Crippen molar-refractivity contribution < 1.29 is 19.7 Å². The molecule has 1 fully saturated rings. The molecule has 1 aliphatic rings. The molecule has 2 N–H and O–H groups in total. The summed E-state index contributed by atoms with van der Waals surface area (Å²) in [7, 11) is 0. The van der Waals surface area contributed by atoms with Gasteiger partial charge in [-0.3, -0.25) is 4.79 Å². The maximum Gasteiger partial charge on any atom is 0.305 e. The van der Waals surface area contributed by atoms with Crippen LogP contribution in [0.4, 0.5) is 0 Å². The summed E-state index contributed by atoms with van der Waals surface area (Å²) in [4.78, 5) is 11.4. The average molecular weight is 411 g/mol. The summed E-state index contributed by atoms with van der Waals surface area (Å²) in [6.07, 6.45) is 16.4. The van der Waals surface area contributed by atoms with Crippen LogP contribution in [0.2, 0.25) is 0 Å². The summed E-state index contributed by atoms with van der Waals surface area (Å²) >= 11 is 0. The third kappa shape index (κ3) is 10.6. The van der Waals surface area contributed by atoms with Gasteiger partial charge in [-0.1, -0.05) is 70.4 Å². The first-order valence-corrected chi connectivity index (χ1v) is 12.2. The van der Waals surface area contributed by atoms with Gasteiger partial charge in [-0.05, 0) is 51.9 Å². The first kappa shape index (κ1) is 26.2. The fourth-order valence-electron chi connectivity index (χ4n) is 4.62. The first-order chi connectivity index (χ1) is 14.0. The Labute approximate surface area is 179 Å². The minimum atomic E-state index is -0.581. The van der Waals surface area contributed by atoms with Crippen LogP contribution in [0.15, 0.2) is 11.6 Å². The molecule has 1 saturated carbocycles. The summed E-state index contributed by atoms with van der Waals surface area (Å²) in [6.45, 7) is 6.63. The highest BCUT2D eigenvalue weighted by molar-refractivity contribution is 5.69. The zero-order valence-corrected chi connectivity index (χ0v) is 19.3. The van der Waals surface area contributed by atoms with Gasteiger partial charge in [0.1, 0.15) is 0 Å². The zero-order chi connectivity index (χ0) is 21.5. The standard InChI is InChI=1S/C25H46O4/c1-4-7-12-19-25(28,18-5-2)20-17-21-15-16-23(26)22(21)13-10-8-9-11-14-24(27)29-6-3/h17,22-23,26,28H,4-16,18-20H2,1-3H3/t22-,23+,25?/m1/s1. The van der Waals surface area contributed by atoms with E-state index in [1.54, 1.807) is 0 Å². The number of aliphatic hydroxyl groups is 2. The molecule has 0 amide bonds. The monoisotopic (exact) mass is 410 g/mol. The number of esters is 1. The van der Waals surface area contributed by atoms with Crippen molar-refractivity contribution in [1.29, 1.82) is 0 Å². The molecule has 1 unspecified atom stereocenters. The molecule has 4 heteroatoms. The minimum absolute atomic E-state index is 0.0950. The van der Waals surface area contributed by atoms with Crippen molar-refractivity contribution in [3.63, 3.8) is 0 Å². The van der Waals surface area contributed by atoms with Crippen LogP contribution in [-0.4, -0.2) is 34.5 Å². The molecule has 0 radical (unpaired) electrons. The second-order valence-corrected chi connectivity index (χ2v) is 8.89. The van der Waals surface area contributed by atoms with Crippen molar-refractivity contribution in [2.75, 3.05) is 6.61 Å². The van der Waals surface area contributed by atoms with Gasteiger partial charge in [-0.15, -0.1) is 0 Å². The van der Waals surface area contributed by atoms with Crippen LogP contribution in [0.3, 0.4) is 0 Å². The Morgan fingerprint density at radius 2 is 1.83 bits per heavy atom. The lowest BCUT2D eigenvalue weighted by molar-refractivity contribution is -0.143. The van der Waals surface area contributed by atoms with E-state index in [9.17, 15) is 15.0 Å². The summed E-state index contributed by atoms with van der Waals surface area (Å²) < 4.78 is 4.96. The van der Waals surface area contributed by atoms with Gasteiger partial charge in [-0.2, -0.15) is 0 Å². The predicted octanol–water partition coefficient (Wildman–Crippen LogP) is 6.09. The second kappa shape index (κ2) is 15.0. The van der Waals surface area contributed by atoms with E-state index in [0.29, 0.717) is 13.0 Å². The number of hydrogen-bond acceptors (Lipinski definition) is 4. The smallest absolute Gasteiger partial charge is 0.305 e. The lowest BCUT2D eigenvalue weighted by Crippen LogP contribution is -2.28. The van der Waals surface area contributed by atoms with Gasteiger partial charge >= 0.3 is 5.97 Å². The van der Waals surface area contributed by atoms with Gasteiger partial charge in [0.2, 0.25) is 0 Å². The maximum atomic E-state index is 11.4. The van der Waals surface area contributed by atoms with Crippen molar-refractivity contribution >= 4 is 5.97 Å². The lowest BCUT2D eigenvalue weighted by atomic mass is 9.85. The molecule has 0 aromatic rings. The van der Waals surface area contributed by atoms with E-state index in [2.05, 4.69) is 19.9 Å². The zero-order valence-electron chi connectivity index (χ0n) is 19.3. The summed E-state index contributed by atoms with van der Waals surface area (Å²) in [5.41, 5.74) is 0.774. The van der Waals surface area contributed by atoms with Crippen molar-refractivity contribution in [2.45, 2.75) is 129 Å². The van der Waals surface area contributed by atoms with Crippen LogP contribution in [0, 0.1) is 5.92 Å². The molecular weight excluding hydrogens is 364 g/mol. The molecule has 1 aliphatic carbocycles. The Kier molecular flexibility index (Phi) is 13.5. The molecule has 3 atom stereocenters. The van der Waals surface area contributed by atoms with Crippen molar-refractivity contribution in [3.8, 4) is 0 Å². The normalized spacial score (nSPS) is 22.7. The molecule has 1 rings (SSSR count). The minimum Gasteiger partial charge on any atom is -0.466 e. The van der Waals surface area contributed by atoms with E-state index in [1.807, 2.05) is 6.92 Å². The van der Waals surface area contributed by atoms with Gasteiger partial charge < -0.3 is 14.9 Å². The number of ether oxygens (including phenoxy) is 1. The second-order valence-electron chi connectivity index (χ2n) is 8.89. The van der Waals surface area contributed by atoms with Crippen molar-refractivity contribution in [3.05, 3.63) is 11.6 Å². The number of rotatable bonds is 16. The quantitative estimate of drug-likeness (QED) is 0.184. The third-order valence-corrected chi connectivity index (χ3v) is 6.33. The van der Waals surface area contributed by atoms with Gasteiger partial charge in [-0.25, -0.2) is 0 Å². The highest BCUT2D eigenvalue weighted by atomic mass is 16.5. The SMILES string of the molecule is CCCCCC(O)(CC=C1CC[C@H](O)[C@@H]1CCCCCCC(=O)OCC)CCC. The van der Waals surface area contributed by atoms with E-state index in [4.69, 9.17) is 4.74 Å². The van der Waals surface area contributed by atoms with Crippen LogP contribution >= 0.6 is 0 Å². The van der Waals surface area contributed by atoms with Crippen molar-refractivity contribution in [1.82, 2.24) is 0 Å². The third-order valence-electron chi connectivity index (χ3n) is 6.33. The van der Waals surface area contributed by atoms with Crippen molar-refractivity contribution in [2.24, 2.45) is 5.92 Å². The largest absolute Gasteiger partial charge is 0.466 e. The van der Waals surface area contributed by atoms with E-state index in [0.717, 1.165) is 77.0 Å². The highest BCUT2D eigenvalue weighted by Gasteiger charge is 2.31. The maximum absolute atomic E-state index is 11.4. The van der Waals surface area contributed by atoms with Crippen LogP contribution < -0.4 is 0 Å². The van der Waals surface area contributed by atoms with Crippen LogP contribution in [0.5, 0.6) is 0 Å². The fourth-order valence-corrected chi connectivity index (χ4v) is 4.62. The molecule has 4 nitrogen and oxygen atoms in total. The van der Waals surface area contributed by atoms with E-state index >= 15 is 0 Å². The molecule has 29 heavy (non-hydrogen) atoms. The van der Waals surface area contributed by atoms with Crippen LogP contribution in [-0.2, 0) is 9.53 Å². The number of aliphatic hydroxyl groups excluding tert-OH is 1. The van der Waals surface area contributed by atoms with Gasteiger partial charge in [0.05, 0.1) is 18.3 Å². The predicted molar refractivity (Wildman–Crippen MR) is 120 cm³/mol. The summed E-state index contributed by atoms with van der Waals surface area (Å²) in [5, 5.41) is 21.5. The molecule has 0 heterocycles. The highest BCUT2D eigenvalue weighted by Crippen LogP contribution is 2.37. The Balaban J connectivity index is 2.44. The number of unbranched alkanes of at least 4 members (excludes halogenated alkanes) is 5. The molecule has 0 aromatic carbocycles. The topological polar surface area (TPSA) is 66.8 Å². The molecule has 0 aromatic heterocycles. The lowest BCUT2D eigenvalue weighted by Gasteiger charge is -2.27. The van der Waals surface area contributed by atoms with Gasteiger partial charge in [0, 0.05) is 12.3 Å². The van der Waals surface area contributed by atoms with Crippen LogP contribution in [0.25, 0.3) is 0 Å². The first-order valence-electron chi connectivity index (χ1n) is 12.2. The Bertz CT molecular complexity index is 473. The van der Waals surface area contributed by atoms with E-state index in [-0.39, 0.29) is 18.0 Å². The fraction of sp³-hybridized carbons (Fsp3) is 0.880. The van der Waals surface area contributed by atoms with E-state index < -0.39 is 5.60 Å². The summed E-state index contributed by atoms with van der Waals surface area (Å²) in [5.74, 6) is 0.156. The number of hydrogen-bond donors (Lipinski definition) is 2. The molecule has 0 spiro atoms. The molecule has 0 bridgehead atoms. The molecular formula is C25H46O4. The number of carbonyl (C=O) groups is 1. The summed E-state index contributed by atoms with van der Waals surface area (Å²) in [6, 6.07) is 0. The van der Waals surface area contributed by atoms with Gasteiger partial charge in [0.15, 0.2) is 0 Å². The Hall–Kier alpha value is -0.870. The molecule has 170 valence electrons. The molecule has 0 saturated heterocycles. The average Bonchev–Trinajstić information content (AvgIpc) is 3.03. The Morgan fingerprint density at radius 3 is 2.52 bits per heavy atom. The van der Waals surface area contributed by atoms with Crippen LogP contribution in [0.1, 0.15) is 117 Å². The number of carbonyl (C=O) groups excluding carboxylic acids is 1. The Morgan fingerprint density at radius 1 is 1.07 bits per heavy atom. The van der Waals surface area contributed by atoms with E-state index in [1.165, 1.54) is 18.4 Å². The van der Waals surface area contributed by atoms with Gasteiger partial charge in [0.25, 0.3) is 0 Å².